The van der Waals surface area contributed by atoms with Crippen LogP contribution in [0, 0.1) is 48.5 Å². The number of fused-ring (bicyclic) bond motifs is 7. The van der Waals surface area contributed by atoms with Gasteiger partial charge in [-0.3, -0.25) is 10.9 Å². The minimum absolute atomic E-state index is 0.417. The summed E-state index contributed by atoms with van der Waals surface area (Å²) in [6, 6.07) is 60.1. The molecule has 0 saturated carbocycles. The lowest BCUT2D eigenvalue weighted by Gasteiger charge is -2.29. The van der Waals surface area contributed by atoms with Crippen molar-refractivity contribution in [2.45, 2.75) is 48.5 Å². The number of benzene rings is 10. The standard InChI is InChI=1S/2C24H27N5O3.2C22H25N5O3.C20H21N5O/c1-14-15(2)25-19-6-5-16(11-17(14)19)26-24-27-20-13-22(31-4)21(30-3)12-18(20)23(28-24)29-7-9-32-10-8-29;1-14-15(2)25-19-6-5-16(11-17(14)19)26-23-18-12-21(30-3)22(31-4)13-20(18)27-24(28-23)29-7-9-32-10-8-29;1-15-5-4-6-16(11-15)14-23-26-22-24-18-13-20(29-3)19(28-2)12-17(18)21(25-22)27-7-9-30-10-8-27;1-15-5-4-6-16(11-15)14-23-26-21-17-12-19(28-2)20(29-3)13-18(17)24-22(25-21)27-7-9-30-10-8-27;1-15-5-4-6-16(13-15)14-21-24-19-17-7-2-3-8-18(17)22-20(23-19)25-9-11-26-12-10-25/h2*5-6,11-13,25H,7-10H2,1-4H3,(H,26,27,28);2*4-6,11-14H,7-10H2,1-3H3,(H,24,25,26);2-8,13-14H,9-12H2,1H3,(H,22,23,24)/b;;2*23-14+;21-14+. The molecule has 5 fully saturated rings. The van der Waals surface area contributed by atoms with Crippen LogP contribution in [0.15, 0.2) is 197 Å². The SMILES string of the molecule is COc1cc2nc(N/N=C/c3cccc(C)c3)nc(N3CCOCC3)c2cc1OC.COc1cc2nc(N3CCOCC3)nc(N/N=C/c3cccc(C)c3)c2cc1OC.COc1cc2nc(N3CCOCC3)nc(Nc3ccc4[nH]c(C)c(C)c4c3)c2cc1OC.COc1cc2nc(Nc3ccc4[nH]c(C)c(C)c4c3)nc(N3CCOCC3)c2cc1OC.Cc1cccc(/C=N/Nc2nc(N3CCOCC3)nc3ccccc23)c1. The van der Waals surface area contributed by atoms with Gasteiger partial charge in [-0.2, -0.15) is 40.2 Å². The molecule has 776 valence electrons. The minimum atomic E-state index is 0.417. The molecule has 0 bridgehead atoms. The van der Waals surface area contributed by atoms with Gasteiger partial charge in [-0.1, -0.05) is 102 Å². The molecule has 22 rings (SSSR count). The van der Waals surface area contributed by atoms with Crippen molar-refractivity contribution in [1.82, 2.24) is 59.8 Å². The number of hydrazone groups is 3. The monoisotopic (exact) mass is 2030 g/mol. The van der Waals surface area contributed by atoms with Crippen LogP contribution in [0.4, 0.5) is 70.2 Å². The van der Waals surface area contributed by atoms with Crippen molar-refractivity contribution in [3.8, 4) is 46.0 Å². The second-order valence-electron chi connectivity index (χ2n) is 36.1. The highest BCUT2D eigenvalue weighted by atomic mass is 16.5. The number of hydrogen-bond donors (Lipinski definition) is 7. The van der Waals surface area contributed by atoms with Crippen molar-refractivity contribution in [2.24, 2.45) is 15.3 Å². The second kappa shape index (κ2) is 48.7. The lowest BCUT2D eigenvalue weighted by atomic mass is 10.1. The van der Waals surface area contributed by atoms with Crippen LogP contribution < -0.4 is 89.3 Å². The minimum Gasteiger partial charge on any atom is -0.493 e. The van der Waals surface area contributed by atoms with Crippen molar-refractivity contribution in [3.05, 3.63) is 238 Å². The third-order valence-electron chi connectivity index (χ3n) is 26.2. The predicted molar refractivity (Wildman–Crippen MR) is 595 cm³/mol. The number of aromatic amines is 2. The normalized spacial score (nSPS) is 14.4. The third kappa shape index (κ3) is 24.7. The van der Waals surface area contributed by atoms with Crippen molar-refractivity contribution in [3.63, 3.8) is 0 Å². The van der Waals surface area contributed by atoms with E-state index in [0.29, 0.717) is 153 Å². The summed E-state index contributed by atoms with van der Waals surface area (Å²) >= 11 is 0. The van der Waals surface area contributed by atoms with Crippen LogP contribution in [0.2, 0.25) is 0 Å². The molecule has 0 aliphatic carbocycles. The summed E-state index contributed by atoms with van der Waals surface area (Å²) in [5.41, 5.74) is 28.7. The number of anilines is 12. The Morgan fingerprint density at radius 1 is 0.273 bits per heavy atom. The van der Waals surface area contributed by atoms with Gasteiger partial charge in [0.2, 0.25) is 29.7 Å². The van der Waals surface area contributed by atoms with E-state index in [0.717, 1.165) is 177 Å². The average molecular weight is 2030 g/mol. The van der Waals surface area contributed by atoms with Gasteiger partial charge in [0, 0.05) is 161 Å². The van der Waals surface area contributed by atoms with Gasteiger partial charge in [-0.05, 0) is 149 Å². The van der Waals surface area contributed by atoms with Crippen LogP contribution in [0.1, 0.15) is 55.9 Å². The lowest BCUT2D eigenvalue weighted by Crippen LogP contribution is -2.37. The van der Waals surface area contributed by atoms with E-state index in [1.165, 1.54) is 50.0 Å². The number of nitrogens with one attached hydrogen (secondary N) is 7. The average Bonchev–Trinajstić information content (AvgIpc) is 0.985. The first-order valence-electron chi connectivity index (χ1n) is 49.7. The van der Waals surface area contributed by atoms with E-state index in [4.69, 9.17) is 106 Å². The Balaban J connectivity index is 0.000000123. The summed E-state index contributed by atoms with van der Waals surface area (Å²) in [5, 5.41) is 26.8. The first-order chi connectivity index (χ1) is 73.3. The molecule has 38 heteroatoms. The maximum absolute atomic E-state index is 5.55. The molecule has 10 aromatic carbocycles. The Morgan fingerprint density at radius 3 is 0.987 bits per heavy atom. The highest BCUT2D eigenvalue weighted by Gasteiger charge is 2.28. The van der Waals surface area contributed by atoms with E-state index in [-0.39, 0.29) is 0 Å². The Morgan fingerprint density at radius 2 is 0.593 bits per heavy atom. The van der Waals surface area contributed by atoms with Gasteiger partial charge in [0.15, 0.2) is 57.6 Å². The molecule has 0 atom stereocenters. The molecule has 17 aromatic rings. The number of aromatic nitrogens is 12. The molecule has 0 radical (unpaired) electrons. The Bertz CT molecular complexity index is 7710. The van der Waals surface area contributed by atoms with Gasteiger partial charge in [0.05, 0.1) is 169 Å². The number of morpholine rings is 5. The van der Waals surface area contributed by atoms with Gasteiger partial charge < -0.3 is 107 Å². The molecule has 150 heavy (non-hydrogen) atoms. The fraction of sp³-hybridized carbons (Fsp3) is 0.312. The molecule has 5 aliphatic heterocycles. The van der Waals surface area contributed by atoms with Gasteiger partial charge in [-0.25, -0.2) is 30.3 Å². The Hall–Kier alpha value is -16.8. The van der Waals surface area contributed by atoms with E-state index in [1.54, 1.807) is 75.5 Å². The largest absolute Gasteiger partial charge is 0.493 e. The van der Waals surface area contributed by atoms with E-state index < -0.39 is 0 Å². The molecular weight excluding hydrogens is 1900 g/mol. The van der Waals surface area contributed by atoms with Crippen molar-refractivity contribution in [2.75, 3.05) is 240 Å². The summed E-state index contributed by atoms with van der Waals surface area (Å²) in [5.74, 6) is 11.7. The fourth-order valence-electron chi connectivity index (χ4n) is 18.0. The number of H-pyrrole nitrogens is 2. The fourth-order valence-corrected chi connectivity index (χ4v) is 18.0. The summed E-state index contributed by atoms with van der Waals surface area (Å²) in [4.78, 5) is 65.4. The molecule has 0 spiro atoms. The molecule has 5 saturated heterocycles. The molecule has 7 N–H and O–H groups in total. The molecule has 5 aliphatic rings. The highest BCUT2D eigenvalue weighted by molar-refractivity contribution is 6.00. The Kier molecular flexibility index (Phi) is 33.5. The molecule has 0 amide bonds. The maximum atomic E-state index is 5.55. The maximum Gasteiger partial charge on any atom is 0.246 e. The first kappa shape index (κ1) is 103. The number of nitrogens with zero attached hydrogens (tertiary/aromatic N) is 18. The zero-order chi connectivity index (χ0) is 104. The quantitative estimate of drug-likeness (QED) is 0.0195. The summed E-state index contributed by atoms with van der Waals surface area (Å²) in [6.45, 7) is 28.9. The summed E-state index contributed by atoms with van der Waals surface area (Å²) < 4.78 is 71.3. The van der Waals surface area contributed by atoms with Crippen LogP contribution >= 0.6 is 0 Å². The molecular formula is C112H125N25O13. The van der Waals surface area contributed by atoms with Crippen LogP contribution in [0.25, 0.3) is 76.3 Å². The lowest BCUT2D eigenvalue weighted by molar-refractivity contribution is 0.122. The summed E-state index contributed by atoms with van der Waals surface area (Å²) in [7, 11) is 13.0. The van der Waals surface area contributed by atoms with Crippen molar-refractivity contribution < 1.29 is 61.6 Å². The van der Waals surface area contributed by atoms with E-state index in [9.17, 15) is 0 Å². The van der Waals surface area contributed by atoms with Crippen LogP contribution in [0.5, 0.6) is 46.0 Å². The van der Waals surface area contributed by atoms with Crippen LogP contribution in [-0.4, -0.2) is 267 Å². The number of hydrogen-bond acceptors (Lipinski definition) is 36. The number of methoxy groups -OCH3 is 8. The van der Waals surface area contributed by atoms with Gasteiger partial charge in [-0.15, -0.1) is 0 Å². The zero-order valence-corrected chi connectivity index (χ0v) is 87.1. The van der Waals surface area contributed by atoms with Crippen LogP contribution in [-0.2, 0) is 23.7 Å². The van der Waals surface area contributed by atoms with Gasteiger partial charge in [0.25, 0.3) is 0 Å². The van der Waals surface area contributed by atoms with Crippen molar-refractivity contribution in [1.29, 1.82) is 0 Å². The zero-order valence-electron chi connectivity index (χ0n) is 87.1. The number of aryl methyl sites for hydroxylation is 7. The number of ether oxygens (including phenoxy) is 13. The van der Waals surface area contributed by atoms with Gasteiger partial charge >= 0.3 is 0 Å². The van der Waals surface area contributed by atoms with E-state index in [2.05, 4.69) is 184 Å². The van der Waals surface area contributed by atoms with E-state index >= 15 is 0 Å². The van der Waals surface area contributed by atoms with Crippen LogP contribution in [0.3, 0.4) is 0 Å². The highest BCUT2D eigenvalue weighted by Crippen LogP contribution is 2.43. The molecule has 12 heterocycles. The first-order valence-corrected chi connectivity index (χ1v) is 49.7. The summed E-state index contributed by atoms with van der Waals surface area (Å²) in [6.07, 6.45) is 5.33. The molecule has 38 nitrogen and oxygen atoms in total. The number of para-hydroxylation sites is 1. The predicted octanol–water partition coefficient (Wildman–Crippen LogP) is 18.3. The van der Waals surface area contributed by atoms with Crippen molar-refractivity contribution >= 4 is 165 Å². The molecule has 0 unspecified atom stereocenters. The smallest absolute Gasteiger partial charge is 0.246 e. The topological polar surface area (TPSA) is 394 Å². The van der Waals surface area contributed by atoms with Gasteiger partial charge in [0.1, 0.15) is 17.5 Å². The molecule has 7 aromatic heterocycles. The number of rotatable bonds is 26. The third-order valence-corrected chi connectivity index (χ3v) is 26.2. The second-order valence-corrected chi connectivity index (χ2v) is 36.1. The van der Waals surface area contributed by atoms with E-state index in [1.807, 2.05) is 128 Å². The Labute approximate surface area is 869 Å².